The Hall–Kier alpha value is -2.65. The van der Waals surface area contributed by atoms with Crippen molar-refractivity contribution in [3.05, 3.63) is 29.8 Å². The summed E-state index contributed by atoms with van der Waals surface area (Å²) < 4.78 is 0. The highest BCUT2D eigenvalue weighted by Gasteiger charge is 2.30. The van der Waals surface area contributed by atoms with Crippen molar-refractivity contribution in [3.8, 4) is 5.75 Å². The van der Waals surface area contributed by atoms with Crippen LogP contribution >= 0.6 is 0 Å². The zero-order valence-electron chi connectivity index (χ0n) is 17.6. The van der Waals surface area contributed by atoms with Crippen molar-refractivity contribution < 1.29 is 24.6 Å². The third-order valence-corrected chi connectivity index (χ3v) is 5.08. The number of phenolic OH excluding ortho intramolecular Hbond substituents is 1. The third-order valence-electron chi connectivity index (χ3n) is 5.08. The number of benzene rings is 1. The van der Waals surface area contributed by atoms with Crippen molar-refractivity contribution in [2.75, 3.05) is 6.54 Å². The van der Waals surface area contributed by atoms with E-state index in [0.29, 0.717) is 25.8 Å². The summed E-state index contributed by atoms with van der Waals surface area (Å²) in [4.78, 5) is 36.8. The summed E-state index contributed by atoms with van der Waals surface area (Å²) in [5.74, 6) is -2.27. The van der Waals surface area contributed by atoms with E-state index in [1.54, 1.807) is 19.1 Å². The lowest BCUT2D eigenvalue weighted by atomic mass is 9.96. The van der Waals surface area contributed by atoms with Gasteiger partial charge in [-0.3, -0.25) is 9.59 Å². The fraction of sp³-hybridized carbons (Fsp3) is 0.571. The molecule has 0 fully saturated rings. The third kappa shape index (κ3) is 8.38. The SMILES string of the molecule is CC[C@H](C)[C@H](NC(=O)[C@@H](N)Cc1ccc(O)cc1)C(=O)N[C@@H](CCCCN)C(=O)O. The lowest BCUT2D eigenvalue weighted by Crippen LogP contribution is -2.56. The zero-order valence-corrected chi connectivity index (χ0v) is 17.6. The number of carboxylic acid groups (broad SMARTS) is 1. The molecule has 0 aliphatic heterocycles. The molecule has 1 aromatic rings. The van der Waals surface area contributed by atoms with Gasteiger partial charge in [-0.2, -0.15) is 0 Å². The number of amides is 2. The minimum atomic E-state index is -1.13. The number of aromatic hydroxyl groups is 1. The van der Waals surface area contributed by atoms with Gasteiger partial charge in [-0.05, 0) is 55.8 Å². The summed E-state index contributed by atoms with van der Waals surface area (Å²) in [5.41, 5.74) is 12.2. The van der Waals surface area contributed by atoms with E-state index in [2.05, 4.69) is 10.6 Å². The second-order valence-electron chi connectivity index (χ2n) is 7.53. The van der Waals surface area contributed by atoms with Gasteiger partial charge in [0.2, 0.25) is 11.8 Å². The summed E-state index contributed by atoms with van der Waals surface area (Å²) in [7, 11) is 0. The second kappa shape index (κ2) is 12.8. The van der Waals surface area contributed by atoms with Crippen LogP contribution in [0.25, 0.3) is 0 Å². The molecule has 0 bridgehead atoms. The van der Waals surface area contributed by atoms with E-state index in [4.69, 9.17) is 11.5 Å². The van der Waals surface area contributed by atoms with Crippen molar-refractivity contribution in [2.24, 2.45) is 17.4 Å². The summed E-state index contributed by atoms with van der Waals surface area (Å²) in [6.45, 7) is 4.13. The van der Waals surface area contributed by atoms with Gasteiger partial charge in [0.1, 0.15) is 17.8 Å². The average molecular weight is 423 g/mol. The normalized spacial score (nSPS) is 14.9. The molecule has 0 spiro atoms. The molecule has 8 N–H and O–H groups in total. The van der Waals surface area contributed by atoms with Crippen molar-refractivity contribution in [3.63, 3.8) is 0 Å². The van der Waals surface area contributed by atoms with Crippen LogP contribution in [0, 0.1) is 5.92 Å². The van der Waals surface area contributed by atoms with Crippen LogP contribution in [0.2, 0.25) is 0 Å². The van der Waals surface area contributed by atoms with E-state index in [0.717, 1.165) is 5.56 Å². The Bertz CT molecular complexity index is 695. The Morgan fingerprint density at radius 3 is 2.23 bits per heavy atom. The molecule has 30 heavy (non-hydrogen) atoms. The Morgan fingerprint density at radius 2 is 1.70 bits per heavy atom. The minimum absolute atomic E-state index is 0.115. The van der Waals surface area contributed by atoms with E-state index < -0.39 is 35.9 Å². The molecule has 4 atom stereocenters. The van der Waals surface area contributed by atoms with Crippen molar-refractivity contribution in [1.29, 1.82) is 0 Å². The number of carbonyl (C=O) groups excluding carboxylic acids is 2. The molecule has 0 radical (unpaired) electrons. The summed E-state index contributed by atoms with van der Waals surface area (Å²) >= 11 is 0. The largest absolute Gasteiger partial charge is 0.508 e. The van der Waals surface area contributed by atoms with Crippen molar-refractivity contribution in [1.82, 2.24) is 10.6 Å². The number of phenols is 1. The molecule has 9 nitrogen and oxygen atoms in total. The van der Waals surface area contributed by atoms with Gasteiger partial charge in [0.05, 0.1) is 6.04 Å². The monoisotopic (exact) mass is 422 g/mol. The number of hydrogen-bond acceptors (Lipinski definition) is 6. The highest BCUT2D eigenvalue weighted by Crippen LogP contribution is 2.13. The fourth-order valence-electron chi connectivity index (χ4n) is 2.95. The van der Waals surface area contributed by atoms with Crippen molar-refractivity contribution in [2.45, 2.75) is 64.1 Å². The Morgan fingerprint density at radius 1 is 1.07 bits per heavy atom. The molecule has 0 aliphatic rings. The first-order valence-electron chi connectivity index (χ1n) is 10.3. The minimum Gasteiger partial charge on any atom is -0.508 e. The number of nitrogens with two attached hydrogens (primary N) is 2. The molecule has 9 heteroatoms. The van der Waals surface area contributed by atoms with E-state index in [1.807, 2.05) is 6.92 Å². The van der Waals surface area contributed by atoms with Crippen LogP contribution in [0.15, 0.2) is 24.3 Å². The Labute approximate surface area is 177 Å². The number of hydrogen-bond donors (Lipinski definition) is 6. The zero-order chi connectivity index (χ0) is 22.7. The van der Waals surface area contributed by atoms with E-state index >= 15 is 0 Å². The van der Waals surface area contributed by atoms with Gasteiger partial charge in [-0.1, -0.05) is 32.4 Å². The molecule has 0 aliphatic carbocycles. The summed E-state index contributed by atoms with van der Waals surface area (Å²) in [5, 5.41) is 23.9. The molecule has 0 saturated heterocycles. The molecule has 168 valence electrons. The first kappa shape index (κ1) is 25.4. The number of unbranched alkanes of at least 4 members (excludes halogenated alkanes) is 1. The standard InChI is InChI=1S/C21H34N4O5/c1-3-13(2)18(20(28)24-17(21(29)30)6-4-5-11-22)25-19(27)16(23)12-14-7-9-15(26)10-8-14/h7-10,13,16-18,26H,3-6,11-12,22-23H2,1-2H3,(H,24,28)(H,25,27)(H,29,30)/t13-,16-,17-,18-/m0/s1. The summed E-state index contributed by atoms with van der Waals surface area (Å²) in [6.07, 6.45) is 2.34. The van der Waals surface area contributed by atoms with E-state index in [9.17, 15) is 24.6 Å². The van der Waals surface area contributed by atoms with Crippen LogP contribution in [0.4, 0.5) is 0 Å². The molecule has 1 aromatic carbocycles. The summed E-state index contributed by atoms with van der Waals surface area (Å²) in [6, 6.07) is 3.51. The van der Waals surface area contributed by atoms with Crippen LogP contribution in [-0.4, -0.2) is 52.7 Å². The quantitative estimate of drug-likeness (QED) is 0.251. The van der Waals surface area contributed by atoms with Crippen LogP contribution in [0.3, 0.4) is 0 Å². The van der Waals surface area contributed by atoms with Gasteiger partial charge in [0.15, 0.2) is 0 Å². The molecule has 2 amide bonds. The Balaban J connectivity index is 2.78. The van der Waals surface area contributed by atoms with Crippen LogP contribution in [0.1, 0.15) is 45.1 Å². The maximum Gasteiger partial charge on any atom is 0.326 e. The number of aliphatic carboxylic acids is 1. The number of carbonyl (C=O) groups is 3. The highest BCUT2D eigenvalue weighted by atomic mass is 16.4. The molecular formula is C21H34N4O5. The number of nitrogens with one attached hydrogen (secondary N) is 2. The lowest BCUT2D eigenvalue weighted by Gasteiger charge is -2.26. The maximum atomic E-state index is 12.8. The van der Waals surface area contributed by atoms with E-state index in [1.165, 1.54) is 12.1 Å². The van der Waals surface area contributed by atoms with Crippen LogP contribution in [0.5, 0.6) is 5.75 Å². The van der Waals surface area contributed by atoms with Gasteiger partial charge in [-0.25, -0.2) is 4.79 Å². The van der Waals surface area contributed by atoms with E-state index in [-0.39, 0.29) is 24.5 Å². The lowest BCUT2D eigenvalue weighted by molar-refractivity contribution is -0.142. The first-order valence-corrected chi connectivity index (χ1v) is 10.3. The van der Waals surface area contributed by atoms with Crippen LogP contribution < -0.4 is 22.1 Å². The predicted molar refractivity (Wildman–Crippen MR) is 114 cm³/mol. The van der Waals surface area contributed by atoms with Gasteiger partial charge in [-0.15, -0.1) is 0 Å². The number of rotatable bonds is 13. The first-order chi connectivity index (χ1) is 14.2. The second-order valence-corrected chi connectivity index (χ2v) is 7.53. The smallest absolute Gasteiger partial charge is 0.326 e. The molecule has 0 aromatic heterocycles. The maximum absolute atomic E-state index is 12.8. The molecule has 0 saturated carbocycles. The molecule has 0 unspecified atom stereocenters. The molecule has 1 rings (SSSR count). The predicted octanol–water partition coefficient (Wildman–Crippen LogP) is 0.491. The molecular weight excluding hydrogens is 388 g/mol. The fourth-order valence-corrected chi connectivity index (χ4v) is 2.95. The highest BCUT2D eigenvalue weighted by molar-refractivity contribution is 5.92. The Kier molecular flexibility index (Phi) is 10.8. The van der Waals surface area contributed by atoms with Gasteiger partial charge >= 0.3 is 5.97 Å². The number of carboxylic acids is 1. The van der Waals surface area contributed by atoms with Gasteiger partial charge < -0.3 is 32.3 Å². The average Bonchev–Trinajstić information content (AvgIpc) is 2.71. The van der Waals surface area contributed by atoms with Gasteiger partial charge in [0, 0.05) is 0 Å². The molecule has 0 heterocycles. The van der Waals surface area contributed by atoms with Crippen molar-refractivity contribution >= 4 is 17.8 Å². The van der Waals surface area contributed by atoms with Crippen LogP contribution in [-0.2, 0) is 20.8 Å². The van der Waals surface area contributed by atoms with Gasteiger partial charge in [0.25, 0.3) is 0 Å². The topological polar surface area (TPSA) is 168 Å².